The zero-order valence-corrected chi connectivity index (χ0v) is 7.43. The Balaban J connectivity index is 2.12. The van der Waals surface area contributed by atoms with Crippen LogP contribution >= 0.6 is 0 Å². The molecule has 12 heavy (non-hydrogen) atoms. The van der Waals surface area contributed by atoms with E-state index in [9.17, 15) is 4.79 Å². The summed E-state index contributed by atoms with van der Waals surface area (Å²) in [4.78, 5) is 11.0. The minimum atomic E-state index is 0.0330. The molecule has 70 valence electrons. The predicted molar refractivity (Wildman–Crippen MR) is 45.6 cm³/mol. The number of hydrogen-bond acceptors (Lipinski definition) is 3. The Kier molecular flexibility index (Phi) is 3.05. The quantitative estimate of drug-likeness (QED) is 0.600. The van der Waals surface area contributed by atoms with Gasteiger partial charge in [-0.1, -0.05) is 6.92 Å². The second kappa shape index (κ2) is 3.87. The Labute approximate surface area is 72.5 Å². The molecule has 4 nitrogen and oxygen atoms in total. The molecule has 0 aromatic rings. The maximum atomic E-state index is 11.0. The summed E-state index contributed by atoms with van der Waals surface area (Å²) in [6.07, 6.45) is 0.414. The molecule has 1 aliphatic heterocycles. The van der Waals surface area contributed by atoms with Gasteiger partial charge in [0.25, 0.3) is 0 Å². The van der Waals surface area contributed by atoms with Gasteiger partial charge in [0, 0.05) is 24.9 Å². The van der Waals surface area contributed by atoms with Crippen LogP contribution in [0.5, 0.6) is 0 Å². The average Bonchev–Trinajstić information content (AvgIpc) is 1.98. The van der Waals surface area contributed by atoms with E-state index in [2.05, 4.69) is 12.2 Å². The molecule has 1 rings (SSSR count). The highest BCUT2D eigenvalue weighted by molar-refractivity contribution is 5.76. The smallest absolute Gasteiger partial charge is 0.221 e. The SMILES string of the molecule is CC1(CNC(=O)CCN)COC1. The van der Waals surface area contributed by atoms with Gasteiger partial charge in [-0.2, -0.15) is 0 Å². The summed E-state index contributed by atoms with van der Waals surface area (Å²) >= 11 is 0. The molecule has 0 unspecified atom stereocenters. The van der Waals surface area contributed by atoms with Crippen molar-refractivity contribution in [2.45, 2.75) is 13.3 Å². The van der Waals surface area contributed by atoms with Gasteiger partial charge in [0.1, 0.15) is 0 Å². The van der Waals surface area contributed by atoms with Crippen LogP contribution in [0.1, 0.15) is 13.3 Å². The molecule has 0 saturated carbocycles. The molecule has 1 amide bonds. The van der Waals surface area contributed by atoms with E-state index >= 15 is 0 Å². The lowest BCUT2D eigenvalue weighted by Crippen LogP contribution is -2.48. The Morgan fingerprint density at radius 3 is 2.75 bits per heavy atom. The second-order valence-corrected chi connectivity index (χ2v) is 3.62. The number of carbonyl (C=O) groups excluding carboxylic acids is 1. The number of nitrogens with two attached hydrogens (primary N) is 1. The van der Waals surface area contributed by atoms with Crippen LogP contribution in [-0.2, 0) is 9.53 Å². The van der Waals surface area contributed by atoms with Crippen molar-refractivity contribution in [1.29, 1.82) is 0 Å². The maximum absolute atomic E-state index is 11.0. The number of rotatable bonds is 4. The van der Waals surface area contributed by atoms with Gasteiger partial charge in [-0.25, -0.2) is 0 Å². The minimum absolute atomic E-state index is 0.0330. The Bertz CT molecular complexity index is 166. The monoisotopic (exact) mass is 172 g/mol. The van der Waals surface area contributed by atoms with Crippen molar-refractivity contribution in [3.05, 3.63) is 0 Å². The van der Waals surface area contributed by atoms with E-state index in [0.717, 1.165) is 13.2 Å². The predicted octanol–water partition coefficient (Wildman–Crippen LogP) is -0.512. The Morgan fingerprint density at radius 2 is 2.33 bits per heavy atom. The first-order chi connectivity index (χ1) is 5.66. The Hall–Kier alpha value is -0.610. The normalized spacial score (nSPS) is 19.8. The van der Waals surface area contributed by atoms with Crippen LogP contribution < -0.4 is 11.1 Å². The van der Waals surface area contributed by atoms with Crippen LogP contribution in [0.4, 0.5) is 0 Å². The van der Waals surface area contributed by atoms with E-state index in [-0.39, 0.29) is 11.3 Å². The van der Waals surface area contributed by atoms with Gasteiger partial charge in [0.2, 0.25) is 5.91 Å². The van der Waals surface area contributed by atoms with Crippen molar-refractivity contribution >= 4 is 5.91 Å². The lowest BCUT2D eigenvalue weighted by atomic mass is 9.89. The van der Waals surface area contributed by atoms with Crippen molar-refractivity contribution < 1.29 is 9.53 Å². The molecule has 4 heteroatoms. The third-order valence-electron chi connectivity index (χ3n) is 1.98. The molecule has 0 aromatic carbocycles. The summed E-state index contributed by atoms with van der Waals surface area (Å²) in [7, 11) is 0. The first kappa shape index (κ1) is 9.48. The van der Waals surface area contributed by atoms with Gasteiger partial charge < -0.3 is 15.8 Å². The highest BCUT2D eigenvalue weighted by Gasteiger charge is 2.33. The molecule has 1 aliphatic rings. The summed E-state index contributed by atoms with van der Waals surface area (Å²) in [6, 6.07) is 0. The number of carbonyl (C=O) groups is 1. The van der Waals surface area contributed by atoms with E-state index < -0.39 is 0 Å². The largest absolute Gasteiger partial charge is 0.380 e. The molecule has 0 aromatic heterocycles. The summed E-state index contributed by atoms with van der Waals surface area (Å²) in [5, 5.41) is 2.83. The van der Waals surface area contributed by atoms with E-state index in [1.807, 2.05) is 0 Å². The van der Waals surface area contributed by atoms with Crippen molar-refractivity contribution in [1.82, 2.24) is 5.32 Å². The van der Waals surface area contributed by atoms with Gasteiger partial charge in [-0.15, -0.1) is 0 Å². The van der Waals surface area contributed by atoms with E-state index in [4.69, 9.17) is 10.5 Å². The van der Waals surface area contributed by atoms with Crippen LogP contribution in [0.25, 0.3) is 0 Å². The summed E-state index contributed by atoms with van der Waals surface area (Å²) in [6.45, 7) is 4.70. The van der Waals surface area contributed by atoms with Crippen molar-refractivity contribution in [3.63, 3.8) is 0 Å². The van der Waals surface area contributed by atoms with E-state index in [1.54, 1.807) is 0 Å². The van der Waals surface area contributed by atoms with Crippen molar-refractivity contribution in [2.24, 2.45) is 11.1 Å². The summed E-state index contributed by atoms with van der Waals surface area (Å²) < 4.78 is 5.05. The van der Waals surface area contributed by atoms with Crippen LogP contribution in [-0.4, -0.2) is 32.2 Å². The third kappa shape index (κ3) is 2.46. The third-order valence-corrected chi connectivity index (χ3v) is 1.98. The molecule has 1 fully saturated rings. The van der Waals surface area contributed by atoms with Crippen LogP contribution in [0.2, 0.25) is 0 Å². The lowest BCUT2D eigenvalue weighted by molar-refractivity contribution is -0.126. The topological polar surface area (TPSA) is 64.4 Å². The molecule has 0 spiro atoms. The molecule has 0 bridgehead atoms. The fourth-order valence-corrected chi connectivity index (χ4v) is 1.08. The number of ether oxygens (including phenoxy) is 1. The van der Waals surface area contributed by atoms with Gasteiger partial charge in [-0.05, 0) is 0 Å². The zero-order chi connectivity index (χ0) is 9.03. The molecule has 0 atom stereocenters. The minimum Gasteiger partial charge on any atom is -0.380 e. The first-order valence-corrected chi connectivity index (χ1v) is 4.21. The van der Waals surface area contributed by atoms with Crippen LogP contribution in [0, 0.1) is 5.41 Å². The Morgan fingerprint density at radius 1 is 1.67 bits per heavy atom. The average molecular weight is 172 g/mol. The van der Waals surface area contributed by atoms with Crippen molar-refractivity contribution in [2.75, 3.05) is 26.3 Å². The number of hydrogen-bond donors (Lipinski definition) is 2. The molecule has 0 radical (unpaired) electrons. The fraction of sp³-hybridized carbons (Fsp3) is 0.875. The van der Waals surface area contributed by atoms with Crippen LogP contribution in [0.3, 0.4) is 0 Å². The van der Waals surface area contributed by atoms with Crippen molar-refractivity contribution in [3.8, 4) is 0 Å². The van der Waals surface area contributed by atoms with Crippen LogP contribution in [0.15, 0.2) is 0 Å². The second-order valence-electron chi connectivity index (χ2n) is 3.62. The van der Waals surface area contributed by atoms with Gasteiger partial charge >= 0.3 is 0 Å². The molecular formula is C8H16N2O2. The van der Waals surface area contributed by atoms with E-state index in [1.165, 1.54) is 0 Å². The molecule has 0 aliphatic carbocycles. The fourth-order valence-electron chi connectivity index (χ4n) is 1.08. The van der Waals surface area contributed by atoms with Gasteiger partial charge in [0.05, 0.1) is 13.2 Å². The lowest BCUT2D eigenvalue weighted by Gasteiger charge is -2.38. The van der Waals surface area contributed by atoms with E-state index in [0.29, 0.717) is 19.5 Å². The first-order valence-electron chi connectivity index (χ1n) is 4.21. The van der Waals surface area contributed by atoms with Gasteiger partial charge in [-0.3, -0.25) is 4.79 Å². The maximum Gasteiger partial charge on any atom is 0.221 e. The highest BCUT2D eigenvalue weighted by Crippen LogP contribution is 2.24. The molecule has 1 heterocycles. The number of nitrogens with one attached hydrogen (secondary N) is 1. The number of amides is 1. The standard InChI is InChI=1S/C8H16N2O2/c1-8(5-12-6-8)4-10-7(11)2-3-9/h2-6,9H2,1H3,(H,10,11). The molecule has 1 saturated heterocycles. The molecular weight excluding hydrogens is 156 g/mol. The summed E-state index contributed by atoms with van der Waals surface area (Å²) in [5.74, 6) is 0.0330. The highest BCUT2D eigenvalue weighted by atomic mass is 16.5. The zero-order valence-electron chi connectivity index (χ0n) is 7.43. The summed E-state index contributed by atoms with van der Waals surface area (Å²) in [5.41, 5.74) is 5.39. The molecule has 3 N–H and O–H groups in total. The van der Waals surface area contributed by atoms with Gasteiger partial charge in [0.15, 0.2) is 0 Å².